The molecule has 0 atom stereocenters. The van der Waals surface area contributed by atoms with Gasteiger partial charge in [0.1, 0.15) is 0 Å². The maximum Gasteiger partial charge on any atom is 0.333 e. The highest BCUT2D eigenvalue weighted by Gasteiger charge is 2.32. The van der Waals surface area contributed by atoms with E-state index in [4.69, 9.17) is 4.84 Å². The van der Waals surface area contributed by atoms with Gasteiger partial charge in [-0.25, -0.2) is 4.79 Å². The smallest absolute Gasteiger partial charge is 0.333 e. The Kier molecular flexibility index (Phi) is 9.17. The lowest BCUT2D eigenvalue weighted by Crippen LogP contribution is -2.32. The number of nitrogens with zero attached hydrogens (tertiary/aromatic N) is 2. The topological polar surface area (TPSA) is 130 Å². The quantitative estimate of drug-likeness (QED) is 0.343. The summed E-state index contributed by atoms with van der Waals surface area (Å²) in [5.74, 6) is -2.34. The third kappa shape index (κ3) is 7.41. The van der Waals surface area contributed by atoms with Gasteiger partial charge in [0.15, 0.2) is 0 Å². The van der Waals surface area contributed by atoms with Crippen molar-refractivity contribution in [2.75, 3.05) is 13.1 Å². The highest BCUT2D eigenvalue weighted by molar-refractivity contribution is 6.12. The van der Waals surface area contributed by atoms with Crippen molar-refractivity contribution in [2.24, 2.45) is 0 Å². The van der Waals surface area contributed by atoms with Gasteiger partial charge < -0.3 is 10.2 Å². The molecule has 0 aromatic carbocycles. The lowest BCUT2D eigenvalue weighted by atomic mass is 10.1. The molecule has 2 aliphatic rings. The number of hydrogen-bond donors (Lipinski definition) is 1. The Morgan fingerprint density at radius 3 is 2.10 bits per heavy atom. The molecule has 10 heteroatoms. The number of imide groups is 2. The van der Waals surface area contributed by atoms with Gasteiger partial charge in [-0.15, -0.1) is 5.06 Å². The van der Waals surface area contributed by atoms with Crippen molar-refractivity contribution in [3.05, 3.63) is 12.2 Å². The molecule has 1 N–H and O–H groups in total. The Labute approximate surface area is 174 Å². The van der Waals surface area contributed by atoms with Gasteiger partial charge in [0.05, 0.1) is 0 Å². The highest BCUT2D eigenvalue weighted by Crippen LogP contribution is 2.14. The van der Waals surface area contributed by atoms with Gasteiger partial charge in [-0.2, -0.15) is 0 Å². The summed E-state index contributed by atoms with van der Waals surface area (Å²) >= 11 is 0. The largest absolute Gasteiger partial charge is 0.356 e. The van der Waals surface area contributed by atoms with Crippen molar-refractivity contribution in [3.63, 3.8) is 0 Å². The fourth-order valence-electron chi connectivity index (χ4n) is 3.10. The van der Waals surface area contributed by atoms with Crippen molar-refractivity contribution in [2.45, 2.75) is 64.2 Å². The number of hydroxylamine groups is 2. The first-order chi connectivity index (χ1) is 14.4. The normalized spacial score (nSPS) is 16.0. The van der Waals surface area contributed by atoms with Crippen LogP contribution in [0.25, 0.3) is 0 Å². The number of amides is 5. The van der Waals surface area contributed by atoms with Crippen molar-refractivity contribution in [3.8, 4) is 0 Å². The van der Waals surface area contributed by atoms with Crippen LogP contribution in [-0.2, 0) is 33.6 Å². The summed E-state index contributed by atoms with van der Waals surface area (Å²) in [5, 5.41) is 3.36. The minimum Gasteiger partial charge on any atom is -0.356 e. The molecule has 0 aromatic heterocycles. The molecule has 0 aliphatic carbocycles. The number of rotatable bonds is 13. The number of hydrogen-bond acceptors (Lipinski definition) is 7. The van der Waals surface area contributed by atoms with Gasteiger partial charge in [0.2, 0.25) is 5.91 Å². The summed E-state index contributed by atoms with van der Waals surface area (Å²) in [7, 11) is 0. The highest BCUT2D eigenvalue weighted by atomic mass is 16.7. The maximum absolute atomic E-state index is 11.8. The number of nitrogens with one attached hydrogen (secondary N) is 1. The summed E-state index contributed by atoms with van der Waals surface area (Å²) in [6.45, 7) is 0.782. The molecule has 10 nitrogen and oxygen atoms in total. The molecule has 0 radical (unpaired) electrons. The van der Waals surface area contributed by atoms with Crippen molar-refractivity contribution < 1.29 is 33.6 Å². The van der Waals surface area contributed by atoms with E-state index in [1.165, 1.54) is 12.2 Å². The van der Waals surface area contributed by atoms with Crippen LogP contribution in [0.1, 0.15) is 64.2 Å². The number of unbranched alkanes of at least 4 members (excludes halogenated alkanes) is 4. The van der Waals surface area contributed by atoms with Gasteiger partial charge in [0.25, 0.3) is 23.6 Å². The lowest BCUT2D eigenvalue weighted by molar-refractivity contribution is -0.197. The van der Waals surface area contributed by atoms with Crippen molar-refractivity contribution in [1.29, 1.82) is 0 Å². The van der Waals surface area contributed by atoms with Crippen LogP contribution in [0.15, 0.2) is 12.2 Å². The summed E-state index contributed by atoms with van der Waals surface area (Å²) in [5.41, 5.74) is 0. The molecular formula is C20H27N3O7. The first kappa shape index (κ1) is 23.2. The molecule has 0 spiro atoms. The van der Waals surface area contributed by atoms with E-state index in [-0.39, 0.29) is 49.9 Å². The van der Waals surface area contributed by atoms with E-state index in [0.717, 1.165) is 30.6 Å². The second-order valence-electron chi connectivity index (χ2n) is 7.18. The molecule has 30 heavy (non-hydrogen) atoms. The van der Waals surface area contributed by atoms with Gasteiger partial charge in [-0.1, -0.05) is 19.3 Å². The van der Waals surface area contributed by atoms with Gasteiger partial charge in [0, 0.05) is 50.9 Å². The molecule has 0 aromatic rings. The molecular weight excluding hydrogens is 394 g/mol. The zero-order valence-corrected chi connectivity index (χ0v) is 16.9. The van der Waals surface area contributed by atoms with E-state index in [1.54, 1.807) is 0 Å². The predicted octanol–water partition coefficient (Wildman–Crippen LogP) is 0.756. The van der Waals surface area contributed by atoms with Crippen molar-refractivity contribution >= 4 is 35.5 Å². The first-order valence-corrected chi connectivity index (χ1v) is 10.3. The maximum atomic E-state index is 11.8. The minimum absolute atomic E-state index is 0.0813. The minimum atomic E-state index is -0.584. The van der Waals surface area contributed by atoms with Gasteiger partial charge in [-0.3, -0.25) is 28.9 Å². The molecule has 0 bridgehead atoms. The molecule has 1 saturated heterocycles. The van der Waals surface area contributed by atoms with Crippen LogP contribution in [0.3, 0.4) is 0 Å². The standard InChI is InChI=1S/C20H27N3O7/c24-15(7-6-14-22-16(25)9-10-17(22)26)21-13-5-3-1-2-4-8-20(29)30-23-18(27)11-12-19(23)28/h9-10H,1-8,11-14H2,(H,21,24). The second kappa shape index (κ2) is 11.8. The van der Waals surface area contributed by atoms with Crippen LogP contribution >= 0.6 is 0 Å². The van der Waals surface area contributed by atoms with E-state index >= 15 is 0 Å². The molecule has 164 valence electrons. The second-order valence-corrected chi connectivity index (χ2v) is 7.18. The van der Waals surface area contributed by atoms with Gasteiger partial charge in [-0.05, 0) is 19.3 Å². The Morgan fingerprint density at radius 1 is 0.833 bits per heavy atom. The summed E-state index contributed by atoms with van der Waals surface area (Å²) in [6, 6.07) is 0. The average molecular weight is 421 g/mol. The lowest BCUT2D eigenvalue weighted by Gasteiger charge is -2.13. The van der Waals surface area contributed by atoms with E-state index in [0.29, 0.717) is 24.4 Å². The average Bonchev–Trinajstić information content (AvgIpc) is 3.20. The first-order valence-electron chi connectivity index (χ1n) is 10.3. The zero-order chi connectivity index (χ0) is 21.9. The van der Waals surface area contributed by atoms with Crippen LogP contribution in [0.5, 0.6) is 0 Å². The molecule has 2 aliphatic heterocycles. The molecule has 0 saturated carbocycles. The predicted molar refractivity (Wildman–Crippen MR) is 103 cm³/mol. The SMILES string of the molecule is O=C(CCCN1C(=O)C=CC1=O)NCCCCCCCC(=O)ON1C(=O)CCC1=O. The Bertz CT molecular complexity index is 698. The van der Waals surface area contributed by atoms with Crippen LogP contribution in [0.4, 0.5) is 0 Å². The third-order valence-corrected chi connectivity index (χ3v) is 4.76. The molecule has 0 unspecified atom stereocenters. The van der Waals surface area contributed by atoms with E-state index in [1.807, 2.05) is 0 Å². The van der Waals surface area contributed by atoms with Crippen molar-refractivity contribution in [1.82, 2.24) is 15.3 Å². The van der Waals surface area contributed by atoms with E-state index < -0.39 is 17.8 Å². The third-order valence-electron chi connectivity index (χ3n) is 4.76. The van der Waals surface area contributed by atoms with Crippen LogP contribution in [0.2, 0.25) is 0 Å². The van der Waals surface area contributed by atoms with Gasteiger partial charge >= 0.3 is 5.97 Å². The van der Waals surface area contributed by atoms with Crippen LogP contribution < -0.4 is 5.32 Å². The summed E-state index contributed by atoms with van der Waals surface area (Å²) < 4.78 is 0. The Hall–Kier alpha value is -3.04. The van der Waals surface area contributed by atoms with E-state index in [2.05, 4.69) is 5.32 Å². The summed E-state index contributed by atoms with van der Waals surface area (Å²) in [4.78, 5) is 74.8. The van der Waals surface area contributed by atoms with Crippen LogP contribution in [-0.4, -0.2) is 58.6 Å². The zero-order valence-electron chi connectivity index (χ0n) is 16.9. The molecule has 2 rings (SSSR count). The van der Waals surface area contributed by atoms with Crippen LogP contribution in [0, 0.1) is 0 Å². The fourth-order valence-corrected chi connectivity index (χ4v) is 3.10. The Morgan fingerprint density at radius 2 is 1.43 bits per heavy atom. The molecule has 5 amide bonds. The monoisotopic (exact) mass is 421 g/mol. The summed E-state index contributed by atoms with van der Waals surface area (Å²) in [6.07, 6.45) is 7.42. The Balaban J connectivity index is 1.41. The number of carbonyl (C=O) groups excluding carboxylic acids is 6. The van der Waals surface area contributed by atoms with E-state index in [9.17, 15) is 28.8 Å². The number of carbonyl (C=O) groups is 6. The fraction of sp³-hybridized carbons (Fsp3) is 0.600. The molecule has 2 heterocycles. The molecule has 1 fully saturated rings.